The van der Waals surface area contributed by atoms with Gasteiger partial charge in [-0.3, -0.25) is 4.79 Å². The third kappa shape index (κ3) is 4.03. The standard InChI is InChI=1S/C21H22F3NO5/c22-21(23,24)16-10-19(27)30-17-9-14(4-5-15(16)17)29-12-18(26)25-8-7-20(28)6-2-1-3-13(20)11-25/h4-5,9-10,13,28H,1-3,6-8,11-12H2/t13-,20+/m0/s1. The number of rotatable bonds is 3. The monoisotopic (exact) mass is 425 g/mol. The third-order valence-electron chi connectivity index (χ3n) is 6.16. The number of benzene rings is 1. The van der Waals surface area contributed by atoms with Crippen molar-refractivity contribution in [1.29, 1.82) is 0 Å². The lowest BCUT2D eigenvalue weighted by molar-refractivity contribution is -0.145. The van der Waals surface area contributed by atoms with Crippen LogP contribution in [0.5, 0.6) is 5.75 Å². The molecule has 2 aromatic rings. The van der Waals surface area contributed by atoms with Gasteiger partial charge in [0.1, 0.15) is 11.3 Å². The van der Waals surface area contributed by atoms with Crippen LogP contribution in [0.15, 0.2) is 33.5 Å². The molecule has 1 amide bonds. The predicted molar refractivity (Wildman–Crippen MR) is 101 cm³/mol. The average Bonchev–Trinajstić information content (AvgIpc) is 2.69. The van der Waals surface area contributed by atoms with Crippen molar-refractivity contribution in [1.82, 2.24) is 4.90 Å². The molecule has 0 radical (unpaired) electrons. The Morgan fingerprint density at radius 2 is 2.07 bits per heavy atom. The number of likely N-dealkylation sites (tertiary alicyclic amines) is 1. The van der Waals surface area contributed by atoms with Crippen LogP contribution in [-0.2, 0) is 11.0 Å². The fraction of sp³-hybridized carbons (Fsp3) is 0.524. The van der Waals surface area contributed by atoms with Crippen LogP contribution < -0.4 is 10.4 Å². The van der Waals surface area contributed by atoms with Gasteiger partial charge in [0.15, 0.2) is 6.61 Å². The number of nitrogens with zero attached hydrogens (tertiary/aromatic N) is 1. The fourth-order valence-corrected chi connectivity index (χ4v) is 4.50. The molecule has 4 rings (SSSR count). The van der Waals surface area contributed by atoms with Crippen molar-refractivity contribution in [3.8, 4) is 5.75 Å². The third-order valence-corrected chi connectivity index (χ3v) is 6.16. The van der Waals surface area contributed by atoms with Gasteiger partial charge in [-0.1, -0.05) is 12.8 Å². The topological polar surface area (TPSA) is 80.0 Å². The van der Waals surface area contributed by atoms with Gasteiger partial charge >= 0.3 is 11.8 Å². The highest BCUT2D eigenvalue weighted by Gasteiger charge is 2.43. The molecule has 1 aliphatic carbocycles. The van der Waals surface area contributed by atoms with Gasteiger partial charge in [0, 0.05) is 36.5 Å². The molecule has 1 saturated heterocycles. The van der Waals surface area contributed by atoms with Crippen LogP contribution >= 0.6 is 0 Å². The van der Waals surface area contributed by atoms with Crippen molar-refractivity contribution in [2.75, 3.05) is 19.7 Å². The van der Waals surface area contributed by atoms with E-state index in [1.54, 1.807) is 4.90 Å². The van der Waals surface area contributed by atoms with Gasteiger partial charge in [-0.15, -0.1) is 0 Å². The minimum Gasteiger partial charge on any atom is -0.484 e. The highest BCUT2D eigenvalue weighted by Crippen LogP contribution is 2.40. The smallest absolute Gasteiger partial charge is 0.417 e. The van der Waals surface area contributed by atoms with Gasteiger partial charge in [-0.2, -0.15) is 13.2 Å². The van der Waals surface area contributed by atoms with E-state index in [-0.39, 0.29) is 35.2 Å². The molecule has 9 heteroatoms. The summed E-state index contributed by atoms with van der Waals surface area (Å²) in [6, 6.07) is 4.05. The zero-order chi connectivity index (χ0) is 21.5. The quantitative estimate of drug-likeness (QED) is 0.763. The first-order chi connectivity index (χ1) is 14.2. The van der Waals surface area contributed by atoms with Gasteiger partial charge in [-0.05, 0) is 31.4 Å². The van der Waals surface area contributed by atoms with E-state index in [4.69, 9.17) is 9.15 Å². The molecule has 2 fully saturated rings. The first-order valence-electron chi connectivity index (χ1n) is 9.94. The number of aliphatic hydroxyl groups is 1. The Morgan fingerprint density at radius 1 is 1.27 bits per heavy atom. The average molecular weight is 425 g/mol. The number of amides is 1. The van der Waals surface area contributed by atoms with Crippen LogP contribution in [0.25, 0.3) is 11.0 Å². The van der Waals surface area contributed by atoms with Crippen molar-refractivity contribution >= 4 is 16.9 Å². The summed E-state index contributed by atoms with van der Waals surface area (Å²) in [4.78, 5) is 25.7. The molecule has 30 heavy (non-hydrogen) atoms. The molecule has 0 spiro atoms. The largest absolute Gasteiger partial charge is 0.484 e. The Labute approximate surface area is 170 Å². The Morgan fingerprint density at radius 3 is 2.83 bits per heavy atom. The maximum absolute atomic E-state index is 13.1. The molecule has 2 heterocycles. The Kier molecular flexibility index (Phi) is 5.25. The van der Waals surface area contributed by atoms with Gasteiger partial charge in [0.2, 0.25) is 0 Å². The molecule has 2 aliphatic rings. The zero-order valence-electron chi connectivity index (χ0n) is 16.2. The highest BCUT2D eigenvalue weighted by atomic mass is 19.4. The summed E-state index contributed by atoms with van der Waals surface area (Å²) < 4.78 is 49.7. The van der Waals surface area contributed by atoms with Crippen LogP contribution in [0, 0.1) is 5.92 Å². The number of halogens is 3. The van der Waals surface area contributed by atoms with Gasteiger partial charge in [0.05, 0.1) is 11.2 Å². The van der Waals surface area contributed by atoms with E-state index in [9.17, 15) is 27.9 Å². The minimum atomic E-state index is -4.69. The first-order valence-corrected chi connectivity index (χ1v) is 9.94. The number of carbonyl (C=O) groups is 1. The molecular weight excluding hydrogens is 403 g/mol. The fourth-order valence-electron chi connectivity index (χ4n) is 4.50. The van der Waals surface area contributed by atoms with Gasteiger partial charge in [0.25, 0.3) is 5.91 Å². The molecule has 1 aromatic carbocycles. The number of piperidine rings is 1. The Balaban J connectivity index is 1.45. The SMILES string of the molecule is O=C(COc1ccc2c(C(F)(F)F)cc(=O)oc2c1)N1CC[C@]2(O)CCCC[C@H]2C1. The molecular formula is C21H22F3NO5. The molecule has 1 aliphatic heterocycles. The molecule has 0 bridgehead atoms. The van der Waals surface area contributed by atoms with E-state index in [2.05, 4.69) is 0 Å². The molecule has 2 atom stereocenters. The molecule has 1 N–H and O–H groups in total. The van der Waals surface area contributed by atoms with Crippen molar-refractivity contribution in [2.24, 2.45) is 5.92 Å². The lowest BCUT2D eigenvalue weighted by atomic mass is 9.71. The van der Waals surface area contributed by atoms with Crippen molar-refractivity contribution in [3.05, 3.63) is 40.2 Å². The van der Waals surface area contributed by atoms with E-state index in [0.29, 0.717) is 25.6 Å². The zero-order valence-corrected chi connectivity index (χ0v) is 16.2. The number of hydrogen-bond donors (Lipinski definition) is 1. The first kappa shape index (κ1) is 20.7. The van der Waals surface area contributed by atoms with E-state index in [0.717, 1.165) is 31.7 Å². The summed E-state index contributed by atoms with van der Waals surface area (Å²) in [7, 11) is 0. The van der Waals surface area contributed by atoms with Crippen LogP contribution in [0.1, 0.15) is 37.7 Å². The van der Waals surface area contributed by atoms with E-state index in [1.165, 1.54) is 12.1 Å². The molecule has 162 valence electrons. The summed E-state index contributed by atoms with van der Waals surface area (Å²) in [5.74, 6) is -0.0718. The summed E-state index contributed by atoms with van der Waals surface area (Å²) in [5, 5.41) is 10.5. The molecule has 1 aromatic heterocycles. The van der Waals surface area contributed by atoms with Crippen molar-refractivity contribution in [3.63, 3.8) is 0 Å². The Bertz CT molecular complexity index is 1020. The van der Waals surface area contributed by atoms with Gasteiger partial charge < -0.3 is 19.2 Å². The minimum absolute atomic E-state index is 0.0553. The van der Waals surface area contributed by atoms with Crippen molar-refractivity contribution < 1.29 is 32.2 Å². The van der Waals surface area contributed by atoms with Crippen LogP contribution in [-0.4, -0.2) is 41.2 Å². The van der Waals surface area contributed by atoms with Crippen LogP contribution in [0.2, 0.25) is 0 Å². The van der Waals surface area contributed by atoms with E-state index < -0.39 is 23.0 Å². The maximum atomic E-state index is 13.1. The van der Waals surface area contributed by atoms with Crippen LogP contribution in [0.3, 0.4) is 0 Å². The summed E-state index contributed by atoms with van der Waals surface area (Å²) in [6.07, 6.45) is -0.483. The molecule has 1 saturated carbocycles. The lowest BCUT2D eigenvalue weighted by Gasteiger charge is -2.47. The van der Waals surface area contributed by atoms with E-state index in [1.807, 2.05) is 0 Å². The normalized spacial score (nSPS) is 24.5. The number of ether oxygens (including phenoxy) is 1. The predicted octanol–water partition coefficient (Wildman–Crippen LogP) is 3.34. The second-order valence-electron chi connectivity index (χ2n) is 8.06. The van der Waals surface area contributed by atoms with Crippen LogP contribution in [0.4, 0.5) is 13.2 Å². The molecule has 6 nitrogen and oxygen atoms in total. The highest BCUT2D eigenvalue weighted by molar-refractivity contribution is 5.82. The van der Waals surface area contributed by atoms with Gasteiger partial charge in [-0.25, -0.2) is 4.79 Å². The van der Waals surface area contributed by atoms with Crippen molar-refractivity contribution in [2.45, 2.75) is 43.9 Å². The summed E-state index contributed by atoms with van der Waals surface area (Å²) in [6.45, 7) is 0.622. The summed E-state index contributed by atoms with van der Waals surface area (Å²) in [5.41, 5.74) is -3.15. The lowest BCUT2D eigenvalue weighted by Crippen LogP contribution is -2.55. The number of carbonyl (C=O) groups excluding carboxylic acids is 1. The second kappa shape index (κ2) is 7.61. The van der Waals surface area contributed by atoms with E-state index >= 15 is 0 Å². The number of hydrogen-bond acceptors (Lipinski definition) is 5. The number of alkyl halides is 3. The Hall–Kier alpha value is -2.55. The second-order valence-corrected chi connectivity index (χ2v) is 8.06. The maximum Gasteiger partial charge on any atom is 0.417 e. The number of fused-ring (bicyclic) bond motifs is 2. The summed E-state index contributed by atoms with van der Waals surface area (Å²) >= 11 is 0. The molecule has 0 unspecified atom stereocenters.